The Morgan fingerprint density at radius 1 is 0.893 bits per heavy atom. The van der Waals surface area contributed by atoms with E-state index in [0.29, 0.717) is 0 Å². The fourth-order valence-electron chi connectivity index (χ4n) is 3.31. The molecule has 3 aromatic rings. The average molecular weight is 381 g/mol. The molecule has 1 aliphatic rings. The Labute approximate surface area is 165 Å². The molecule has 1 fully saturated rings. The van der Waals surface area contributed by atoms with Crippen molar-refractivity contribution in [2.45, 2.75) is 26.2 Å². The second-order valence-corrected chi connectivity index (χ2v) is 8.32. The second kappa shape index (κ2) is 6.88. The summed E-state index contributed by atoms with van der Waals surface area (Å²) in [7, 11) is 3.91. The molecule has 0 N–H and O–H groups in total. The number of piperazine rings is 1. The minimum Gasteiger partial charge on any atom is -0.353 e. The largest absolute Gasteiger partial charge is 0.353 e. The molecule has 0 amide bonds. The summed E-state index contributed by atoms with van der Waals surface area (Å²) >= 11 is 0. The van der Waals surface area contributed by atoms with Crippen molar-refractivity contribution in [3.8, 4) is 0 Å². The molecule has 148 valence electrons. The van der Waals surface area contributed by atoms with Gasteiger partial charge in [0, 0.05) is 51.9 Å². The zero-order valence-corrected chi connectivity index (χ0v) is 17.2. The van der Waals surface area contributed by atoms with E-state index in [1.807, 2.05) is 47.9 Å². The second-order valence-electron chi connectivity index (χ2n) is 8.32. The highest BCUT2D eigenvalue weighted by molar-refractivity contribution is 5.49. The Morgan fingerprint density at radius 3 is 2.21 bits per heavy atom. The quantitative estimate of drug-likeness (QED) is 0.677. The Hall–Kier alpha value is -2.97. The first-order chi connectivity index (χ1) is 13.3. The third-order valence-electron chi connectivity index (χ3n) is 4.88. The smallest absolute Gasteiger partial charge is 0.226 e. The first-order valence-corrected chi connectivity index (χ1v) is 9.56. The van der Waals surface area contributed by atoms with E-state index in [0.717, 1.165) is 55.2 Å². The topological polar surface area (TPSA) is 78.6 Å². The van der Waals surface area contributed by atoms with Crippen molar-refractivity contribution >= 4 is 23.2 Å². The van der Waals surface area contributed by atoms with E-state index in [1.54, 1.807) is 0 Å². The van der Waals surface area contributed by atoms with Crippen LogP contribution in [0.3, 0.4) is 0 Å². The van der Waals surface area contributed by atoms with Crippen LogP contribution < -0.4 is 14.7 Å². The van der Waals surface area contributed by atoms with E-state index in [-0.39, 0.29) is 5.41 Å². The number of hydrogen-bond donors (Lipinski definition) is 0. The molecule has 9 heteroatoms. The van der Waals surface area contributed by atoms with Gasteiger partial charge in [-0.1, -0.05) is 20.8 Å². The van der Waals surface area contributed by atoms with Crippen LogP contribution in [0.4, 0.5) is 17.6 Å². The molecular weight excluding hydrogens is 354 g/mol. The predicted octanol–water partition coefficient (Wildman–Crippen LogP) is 1.60. The zero-order valence-electron chi connectivity index (χ0n) is 17.2. The maximum Gasteiger partial charge on any atom is 0.226 e. The highest BCUT2D eigenvalue weighted by atomic mass is 15.4. The predicted molar refractivity (Wildman–Crippen MR) is 110 cm³/mol. The van der Waals surface area contributed by atoms with Crippen LogP contribution in [-0.4, -0.2) is 70.1 Å². The molecule has 9 nitrogen and oxygen atoms in total. The summed E-state index contributed by atoms with van der Waals surface area (Å²) in [6.45, 7) is 9.91. The lowest BCUT2D eigenvalue weighted by molar-refractivity contribution is 0.525. The highest BCUT2D eigenvalue weighted by Gasteiger charge is 2.24. The molecule has 0 aromatic carbocycles. The maximum atomic E-state index is 4.83. The van der Waals surface area contributed by atoms with Crippen molar-refractivity contribution in [1.82, 2.24) is 29.8 Å². The van der Waals surface area contributed by atoms with E-state index < -0.39 is 0 Å². The molecule has 1 aliphatic heterocycles. The zero-order chi connectivity index (χ0) is 19.9. The summed E-state index contributed by atoms with van der Waals surface area (Å²) in [6, 6.07) is 5.99. The number of fused-ring (bicyclic) bond motifs is 1. The van der Waals surface area contributed by atoms with E-state index in [4.69, 9.17) is 5.10 Å². The van der Waals surface area contributed by atoms with E-state index >= 15 is 0 Å². The molecule has 0 radical (unpaired) electrons. The maximum absolute atomic E-state index is 4.83. The molecule has 0 spiro atoms. The Balaban J connectivity index is 1.51. The van der Waals surface area contributed by atoms with Crippen molar-refractivity contribution < 1.29 is 0 Å². The van der Waals surface area contributed by atoms with Gasteiger partial charge in [0.25, 0.3) is 0 Å². The molecular formula is C19H27N9. The molecule has 1 saturated heterocycles. The third kappa shape index (κ3) is 3.44. The molecule has 0 saturated carbocycles. The fourth-order valence-corrected chi connectivity index (χ4v) is 3.31. The molecule has 0 aliphatic carbocycles. The van der Waals surface area contributed by atoms with Gasteiger partial charge in [-0.25, -0.2) is 4.98 Å². The van der Waals surface area contributed by atoms with Crippen LogP contribution in [-0.2, 0) is 5.41 Å². The van der Waals surface area contributed by atoms with Crippen LogP contribution in [0.25, 0.3) is 5.65 Å². The standard InChI is InChI=1S/C19H27N9/c1-19(2,3)17-23-22-15-6-7-16(24-28(15)17)27-12-10-26(11-13-27)14-8-9-20-18(21-14)25(4)5/h6-9H,10-13H2,1-5H3. The van der Waals surface area contributed by atoms with Crippen LogP contribution in [0.5, 0.6) is 0 Å². The number of anilines is 3. The van der Waals surface area contributed by atoms with Gasteiger partial charge in [-0.05, 0) is 18.2 Å². The van der Waals surface area contributed by atoms with Crippen LogP contribution in [0.1, 0.15) is 26.6 Å². The first-order valence-electron chi connectivity index (χ1n) is 9.56. The number of hydrogen-bond acceptors (Lipinski definition) is 8. The normalized spacial score (nSPS) is 15.3. The lowest BCUT2D eigenvalue weighted by Crippen LogP contribution is -2.47. The Bertz CT molecular complexity index is 965. The van der Waals surface area contributed by atoms with Gasteiger partial charge in [-0.3, -0.25) is 0 Å². The number of aromatic nitrogens is 6. The van der Waals surface area contributed by atoms with Gasteiger partial charge < -0.3 is 14.7 Å². The summed E-state index contributed by atoms with van der Waals surface area (Å²) in [4.78, 5) is 15.5. The van der Waals surface area contributed by atoms with Crippen molar-refractivity contribution in [3.05, 3.63) is 30.2 Å². The van der Waals surface area contributed by atoms with Gasteiger partial charge in [0.15, 0.2) is 11.5 Å². The summed E-state index contributed by atoms with van der Waals surface area (Å²) in [5.41, 5.74) is 0.672. The average Bonchev–Trinajstić information content (AvgIpc) is 3.12. The SMILES string of the molecule is CN(C)c1nccc(N2CCN(c3ccc4nnc(C(C)(C)C)n4n3)CC2)n1. The molecule has 0 atom stereocenters. The Kier molecular flexibility index (Phi) is 4.52. The van der Waals surface area contributed by atoms with Gasteiger partial charge in [0.1, 0.15) is 11.6 Å². The van der Waals surface area contributed by atoms with Crippen LogP contribution >= 0.6 is 0 Å². The molecule has 0 unspecified atom stereocenters. The fraction of sp³-hybridized carbons (Fsp3) is 0.526. The van der Waals surface area contributed by atoms with Gasteiger partial charge >= 0.3 is 0 Å². The first kappa shape index (κ1) is 18.4. The van der Waals surface area contributed by atoms with Crippen molar-refractivity contribution in [2.75, 3.05) is 55.0 Å². The molecule has 4 heterocycles. The minimum atomic E-state index is -0.110. The highest BCUT2D eigenvalue weighted by Crippen LogP contribution is 2.23. The summed E-state index contributed by atoms with van der Waals surface area (Å²) in [5, 5.41) is 13.4. The summed E-state index contributed by atoms with van der Waals surface area (Å²) in [5.74, 6) is 3.53. The molecule has 4 rings (SSSR count). The third-order valence-corrected chi connectivity index (χ3v) is 4.88. The van der Waals surface area contributed by atoms with Gasteiger partial charge in [0.05, 0.1) is 0 Å². The molecule has 0 bridgehead atoms. The number of rotatable bonds is 3. The molecule has 3 aromatic heterocycles. The van der Waals surface area contributed by atoms with Gasteiger partial charge in [-0.15, -0.1) is 15.3 Å². The van der Waals surface area contributed by atoms with E-state index in [2.05, 4.69) is 50.7 Å². The van der Waals surface area contributed by atoms with Gasteiger partial charge in [-0.2, -0.15) is 9.50 Å². The van der Waals surface area contributed by atoms with Crippen LogP contribution in [0.15, 0.2) is 24.4 Å². The monoisotopic (exact) mass is 381 g/mol. The summed E-state index contributed by atoms with van der Waals surface area (Å²) in [6.07, 6.45) is 1.82. The van der Waals surface area contributed by atoms with E-state index in [1.165, 1.54) is 0 Å². The molecule has 28 heavy (non-hydrogen) atoms. The summed E-state index contributed by atoms with van der Waals surface area (Å²) < 4.78 is 1.87. The van der Waals surface area contributed by atoms with E-state index in [9.17, 15) is 0 Å². The minimum absolute atomic E-state index is 0.110. The Morgan fingerprint density at radius 2 is 1.57 bits per heavy atom. The van der Waals surface area contributed by atoms with Crippen LogP contribution in [0, 0.1) is 0 Å². The van der Waals surface area contributed by atoms with Crippen molar-refractivity contribution in [3.63, 3.8) is 0 Å². The van der Waals surface area contributed by atoms with Crippen molar-refractivity contribution in [2.24, 2.45) is 0 Å². The van der Waals surface area contributed by atoms with Gasteiger partial charge in [0.2, 0.25) is 5.95 Å². The lowest BCUT2D eigenvalue weighted by Gasteiger charge is -2.36. The van der Waals surface area contributed by atoms with Crippen molar-refractivity contribution in [1.29, 1.82) is 0 Å². The number of nitrogens with zero attached hydrogens (tertiary/aromatic N) is 9. The van der Waals surface area contributed by atoms with Crippen LogP contribution in [0.2, 0.25) is 0 Å². The lowest BCUT2D eigenvalue weighted by atomic mass is 9.96.